The van der Waals surface area contributed by atoms with Gasteiger partial charge in [-0.15, -0.1) is 0 Å². The first-order valence-electron chi connectivity index (χ1n) is 8.94. The van der Waals surface area contributed by atoms with Gasteiger partial charge in [0, 0.05) is 12.1 Å². The number of ether oxygens (including phenoxy) is 1. The fraction of sp³-hybridized carbons (Fsp3) is 0.182. The molecule has 138 valence electrons. The third-order valence-electron chi connectivity index (χ3n) is 4.28. The summed E-state index contributed by atoms with van der Waals surface area (Å²) in [6.07, 6.45) is 1.53. The topological polar surface area (TPSA) is 81.4 Å². The van der Waals surface area contributed by atoms with Crippen molar-refractivity contribution in [1.82, 2.24) is 5.32 Å². The van der Waals surface area contributed by atoms with Gasteiger partial charge in [-0.2, -0.15) is 0 Å². The molecule has 0 aliphatic heterocycles. The molecule has 3 aromatic rings. The summed E-state index contributed by atoms with van der Waals surface area (Å²) in [4.78, 5) is 23.6. The maximum atomic E-state index is 12.3. The number of benzene rings is 3. The van der Waals surface area contributed by atoms with Gasteiger partial charge in [0.05, 0.1) is 12.2 Å². The maximum absolute atomic E-state index is 12.3. The molecule has 5 heteroatoms. The zero-order valence-corrected chi connectivity index (χ0v) is 15.0. The summed E-state index contributed by atoms with van der Waals surface area (Å²) in [7, 11) is 0. The van der Waals surface area contributed by atoms with E-state index >= 15 is 0 Å². The number of unbranched alkanes of at least 4 members (excludes halogenated alkanes) is 1. The van der Waals surface area contributed by atoms with Crippen LogP contribution in [0.5, 0.6) is 5.75 Å². The van der Waals surface area contributed by atoms with Crippen LogP contribution in [-0.4, -0.2) is 25.0 Å². The van der Waals surface area contributed by atoms with E-state index < -0.39 is 5.91 Å². The molecule has 0 saturated heterocycles. The quantitative estimate of drug-likeness (QED) is 0.602. The third kappa shape index (κ3) is 4.85. The molecule has 0 radical (unpaired) electrons. The molecule has 0 aromatic heterocycles. The number of amides is 2. The lowest BCUT2D eigenvalue weighted by molar-refractivity contribution is 0.0950. The van der Waals surface area contributed by atoms with E-state index in [-0.39, 0.29) is 5.91 Å². The van der Waals surface area contributed by atoms with Gasteiger partial charge in [0.2, 0.25) is 0 Å². The monoisotopic (exact) mass is 362 g/mol. The summed E-state index contributed by atoms with van der Waals surface area (Å²) in [5.41, 5.74) is 6.35. The fourth-order valence-corrected chi connectivity index (χ4v) is 2.84. The van der Waals surface area contributed by atoms with Crippen molar-refractivity contribution in [2.45, 2.75) is 12.8 Å². The molecule has 0 saturated carbocycles. The van der Waals surface area contributed by atoms with Crippen LogP contribution in [0.4, 0.5) is 0 Å². The first-order valence-corrected chi connectivity index (χ1v) is 8.94. The van der Waals surface area contributed by atoms with E-state index in [9.17, 15) is 9.59 Å². The van der Waals surface area contributed by atoms with Crippen LogP contribution in [0, 0.1) is 0 Å². The molecule has 3 aromatic carbocycles. The van der Waals surface area contributed by atoms with Crippen molar-refractivity contribution >= 4 is 22.6 Å². The molecular weight excluding hydrogens is 340 g/mol. The highest BCUT2D eigenvalue weighted by Gasteiger charge is 2.08. The van der Waals surface area contributed by atoms with Crippen LogP contribution < -0.4 is 15.8 Å². The first kappa shape index (κ1) is 18.5. The Kier molecular flexibility index (Phi) is 6.05. The van der Waals surface area contributed by atoms with E-state index in [0.29, 0.717) is 30.0 Å². The van der Waals surface area contributed by atoms with E-state index in [1.54, 1.807) is 24.3 Å². The van der Waals surface area contributed by atoms with E-state index in [1.807, 2.05) is 42.5 Å². The molecule has 2 amide bonds. The fourth-order valence-electron chi connectivity index (χ4n) is 2.84. The van der Waals surface area contributed by atoms with E-state index in [0.717, 1.165) is 23.6 Å². The van der Waals surface area contributed by atoms with E-state index in [1.165, 1.54) is 0 Å². The highest BCUT2D eigenvalue weighted by molar-refractivity contribution is 5.98. The molecule has 5 nitrogen and oxygen atoms in total. The van der Waals surface area contributed by atoms with Gasteiger partial charge in [0.1, 0.15) is 5.75 Å². The minimum atomic E-state index is -0.506. The van der Waals surface area contributed by atoms with Gasteiger partial charge in [-0.25, -0.2) is 0 Å². The summed E-state index contributed by atoms with van der Waals surface area (Å²) in [6.45, 7) is 1.02. The minimum Gasteiger partial charge on any atom is -0.493 e. The van der Waals surface area contributed by atoms with Crippen LogP contribution in [0.25, 0.3) is 10.8 Å². The summed E-state index contributed by atoms with van der Waals surface area (Å²) in [6, 6.07) is 20.5. The second kappa shape index (κ2) is 8.85. The molecule has 0 bridgehead atoms. The highest BCUT2D eigenvalue weighted by atomic mass is 16.5. The molecule has 0 heterocycles. The summed E-state index contributed by atoms with van der Waals surface area (Å²) in [5.74, 6) is -0.0980. The molecule has 0 atom stereocenters. The predicted octanol–water partition coefficient (Wildman–Crippen LogP) is 3.53. The van der Waals surface area contributed by atoms with Crippen LogP contribution in [0.2, 0.25) is 0 Å². The average Bonchev–Trinajstić information content (AvgIpc) is 2.70. The number of primary amides is 1. The molecule has 0 aliphatic rings. The van der Waals surface area contributed by atoms with Crippen molar-refractivity contribution in [3.63, 3.8) is 0 Å². The van der Waals surface area contributed by atoms with Gasteiger partial charge in [-0.05, 0) is 47.9 Å². The lowest BCUT2D eigenvalue weighted by Crippen LogP contribution is -2.24. The van der Waals surface area contributed by atoms with E-state index in [2.05, 4.69) is 5.32 Å². The number of nitrogens with two attached hydrogens (primary N) is 1. The molecule has 27 heavy (non-hydrogen) atoms. The second-order valence-electron chi connectivity index (χ2n) is 6.23. The molecule has 3 N–H and O–H groups in total. The molecule has 0 spiro atoms. The second-order valence-corrected chi connectivity index (χ2v) is 6.23. The number of hydrogen-bond donors (Lipinski definition) is 2. The number of carbonyl (C=O) groups excluding carboxylic acids is 2. The van der Waals surface area contributed by atoms with Crippen molar-refractivity contribution in [3.8, 4) is 5.75 Å². The average molecular weight is 362 g/mol. The van der Waals surface area contributed by atoms with Gasteiger partial charge in [-0.3, -0.25) is 9.59 Å². The van der Waals surface area contributed by atoms with Crippen molar-refractivity contribution in [3.05, 3.63) is 77.9 Å². The first-order chi connectivity index (χ1) is 13.1. The molecule has 3 rings (SSSR count). The third-order valence-corrected chi connectivity index (χ3v) is 4.28. The zero-order chi connectivity index (χ0) is 19.1. The molecule has 0 aliphatic carbocycles. The molecule has 0 unspecified atom stereocenters. The number of para-hydroxylation sites is 1. The normalized spacial score (nSPS) is 10.5. The van der Waals surface area contributed by atoms with Crippen LogP contribution >= 0.6 is 0 Å². The Morgan fingerprint density at radius 3 is 2.44 bits per heavy atom. The molecule has 0 fully saturated rings. The number of nitrogens with one attached hydrogen (secondary N) is 1. The summed E-state index contributed by atoms with van der Waals surface area (Å²) >= 11 is 0. The predicted molar refractivity (Wildman–Crippen MR) is 106 cm³/mol. The Bertz CT molecular complexity index is 953. The highest BCUT2D eigenvalue weighted by Crippen LogP contribution is 2.17. The van der Waals surface area contributed by atoms with Crippen LogP contribution in [0.3, 0.4) is 0 Å². The Balaban J connectivity index is 1.42. The Morgan fingerprint density at radius 1 is 0.889 bits per heavy atom. The minimum absolute atomic E-state index is 0.0826. The number of hydrogen-bond acceptors (Lipinski definition) is 3. The Morgan fingerprint density at radius 2 is 1.63 bits per heavy atom. The Labute approximate surface area is 158 Å². The van der Waals surface area contributed by atoms with E-state index in [4.69, 9.17) is 10.5 Å². The number of rotatable bonds is 8. The van der Waals surface area contributed by atoms with Gasteiger partial charge in [0.25, 0.3) is 11.8 Å². The largest absolute Gasteiger partial charge is 0.493 e. The van der Waals surface area contributed by atoms with Crippen molar-refractivity contribution in [1.29, 1.82) is 0 Å². The summed E-state index contributed by atoms with van der Waals surface area (Å²) in [5, 5.41) is 5.08. The van der Waals surface area contributed by atoms with Crippen LogP contribution in [0.1, 0.15) is 33.6 Å². The lowest BCUT2D eigenvalue weighted by atomic mass is 10.1. The van der Waals surface area contributed by atoms with Crippen LogP contribution in [0.15, 0.2) is 66.7 Å². The van der Waals surface area contributed by atoms with Gasteiger partial charge >= 0.3 is 0 Å². The van der Waals surface area contributed by atoms with Crippen LogP contribution in [-0.2, 0) is 0 Å². The summed E-state index contributed by atoms with van der Waals surface area (Å²) < 4.78 is 5.62. The smallest absolute Gasteiger partial charge is 0.252 e. The standard InChI is InChI=1S/C22H22N2O3/c23-21(25)19-9-3-4-10-20(19)27-14-6-5-13-24-22(26)18-12-11-16-7-1-2-8-17(16)15-18/h1-4,7-12,15H,5-6,13-14H2,(H2,23,25)(H,24,26). The Hall–Kier alpha value is -3.34. The number of fused-ring (bicyclic) bond motifs is 1. The zero-order valence-electron chi connectivity index (χ0n) is 15.0. The number of carbonyl (C=O) groups is 2. The van der Waals surface area contributed by atoms with Crippen molar-refractivity contribution in [2.24, 2.45) is 5.73 Å². The maximum Gasteiger partial charge on any atom is 0.252 e. The SMILES string of the molecule is NC(=O)c1ccccc1OCCCCNC(=O)c1ccc2ccccc2c1. The molecular formula is C22H22N2O3. The van der Waals surface area contributed by atoms with Crippen molar-refractivity contribution in [2.75, 3.05) is 13.2 Å². The van der Waals surface area contributed by atoms with Gasteiger partial charge in [-0.1, -0.05) is 42.5 Å². The van der Waals surface area contributed by atoms with Gasteiger partial charge < -0.3 is 15.8 Å². The van der Waals surface area contributed by atoms with Gasteiger partial charge in [0.15, 0.2) is 0 Å². The lowest BCUT2D eigenvalue weighted by Gasteiger charge is -2.10. The van der Waals surface area contributed by atoms with Crippen molar-refractivity contribution < 1.29 is 14.3 Å².